The molecule has 5 rings (SSSR count). The minimum atomic E-state index is 0.231. The zero-order valence-electron chi connectivity index (χ0n) is 17.6. The Morgan fingerprint density at radius 2 is 1.52 bits per heavy atom. The molecule has 0 saturated heterocycles. The molecule has 0 aliphatic carbocycles. The van der Waals surface area contributed by atoms with Crippen molar-refractivity contribution in [1.29, 1.82) is 0 Å². The maximum atomic E-state index is 5.40. The van der Waals surface area contributed by atoms with E-state index in [0.717, 1.165) is 22.6 Å². The monoisotopic (exact) mass is 439 g/mol. The lowest BCUT2D eigenvalue weighted by atomic mass is 10.2. The van der Waals surface area contributed by atoms with E-state index in [0.29, 0.717) is 30.1 Å². The molecule has 0 spiro atoms. The summed E-state index contributed by atoms with van der Waals surface area (Å²) < 4.78 is 10.7. The molecule has 1 aromatic heterocycles. The van der Waals surface area contributed by atoms with Crippen LogP contribution in [0, 0.1) is 0 Å². The van der Waals surface area contributed by atoms with Crippen LogP contribution >= 0.6 is 0 Å². The van der Waals surface area contributed by atoms with E-state index in [4.69, 9.17) is 9.47 Å². The Balaban J connectivity index is 1.33. The van der Waals surface area contributed by atoms with Crippen molar-refractivity contribution >= 4 is 29.7 Å². The maximum absolute atomic E-state index is 5.40. The largest absolute Gasteiger partial charge is 0.454 e. The number of fused-ring (bicyclic) bond motifs is 1. The molecular formula is C24H21N7O2. The molecule has 0 atom stereocenters. The molecule has 9 nitrogen and oxygen atoms in total. The number of hydrogen-bond acceptors (Lipinski definition) is 9. The Hall–Kier alpha value is -4.66. The van der Waals surface area contributed by atoms with Gasteiger partial charge in [-0.15, -0.1) is 0 Å². The van der Waals surface area contributed by atoms with Crippen molar-refractivity contribution in [2.24, 2.45) is 5.10 Å². The molecular weight excluding hydrogens is 418 g/mol. The van der Waals surface area contributed by atoms with Crippen LogP contribution in [0.15, 0.2) is 84.0 Å². The first-order chi connectivity index (χ1) is 16.3. The topological polar surface area (TPSA) is 106 Å². The normalized spacial score (nSPS) is 12.0. The molecule has 2 heterocycles. The molecule has 0 saturated carbocycles. The van der Waals surface area contributed by atoms with Crippen molar-refractivity contribution in [3.05, 3.63) is 90.0 Å². The average molecular weight is 439 g/mol. The minimum Gasteiger partial charge on any atom is -0.454 e. The second-order valence-corrected chi connectivity index (χ2v) is 7.12. The Morgan fingerprint density at radius 1 is 0.788 bits per heavy atom. The van der Waals surface area contributed by atoms with E-state index in [2.05, 4.69) is 36.1 Å². The summed E-state index contributed by atoms with van der Waals surface area (Å²) in [5, 5.41) is 10.7. The van der Waals surface area contributed by atoms with Gasteiger partial charge in [0.05, 0.1) is 6.21 Å². The quantitative estimate of drug-likeness (QED) is 0.274. The van der Waals surface area contributed by atoms with E-state index in [9.17, 15) is 0 Å². The Morgan fingerprint density at radius 3 is 2.36 bits per heavy atom. The highest BCUT2D eigenvalue weighted by molar-refractivity contribution is 5.81. The molecule has 0 amide bonds. The van der Waals surface area contributed by atoms with Gasteiger partial charge in [0.2, 0.25) is 24.6 Å². The highest BCUT2D eigenvalue weighted by atomic mass is 16.7. The van der Waals surface area contributed by atoms with Crippen molar-refractivity contribution in [3.63, 3.8) is 0 Å². The number of anilines is 4. The van der Waals surface area contributed by atoms with Crippen LogP contribution in [-0.4, -0.2) is 28.0 Å². The van der Waals surface area contributed by atoms with Crippen LogP contribution in [0.3, 0.4) is 0 Å². The van der Waals surface area contributed by atoms with Gasteiger partial charge in [0, 0.05) is 12.2 Å². The lowest BCUT2D eigenvalue weighted by molar-refractivity contribution is 0.174. The van der Waals surface area contributed by atoms with Crippen LogP contribution in [0.25, 0.3) is 0 Å². The maximum Gasteiger partial charge on any atom is 0.250 e. The van der Waals surface area contributed by atoms with Crippen molar-refractivity contribution in [2.75, 3.05) is 22.9 Å². The van der Waals surface area contributed by atoms with E-state index in [1.807, 2.05) is 78.9 Å². The fourth-order valence-electron chi connectivity index (χ4n) is 3.15. The molecule has 0 radical (unpaired) electrons. The minimum absolute atomic E-state index is 0.231. The Labute approximate surface area is 190 Å². The molecule has 3 N–H and O–H groups in total. The smallest absolute Gasteiger partial charge is 0.250 e. The SMILES string of the molecule is C(=N\Nc1nc(NCc2ccccc2)nc(Nc2ccccc2)n1)/c1ccc2c(c1)OCO2. The molecule has 1 aliphatic rings. The molecule has 3 aromatic carbocycles. The predicted molar refractivity (Wildman–Crippen MR) is 127 cm³/mol. The molecule has 4 aromatic rings. The van der Waals surface area contributed by atoms with E-state index >= 15 is 0 Å². The van der Waals surface area contributed by atoms with Gasteiger partial charge < -0.3 is 20.1 Å². The van der Waals surface area contributed by atoms with Crippen LogP contribution in [-0.2, 0) is 6.54 Å². The third-order valence-electron chi connectivity index (χ3n) is 4.73. The standard InChI is InChI=1S/C24H21N7O2/c1-3-7-17(8-4-1)14-25-22-28-23(27-19-9-5-2-6-10-19)30-24(29-22)31-26-15-18-11-12-20-21(13-18)33-16-32-20/h1-13,15H,14,16H2,(H3,25,27,28,29,30,31)/b26-15+. The summed E-state index contributed by atoms with van der Waals surface area (Å²) in [6.07, 6.45) is 1.66. The zero-order valence-corrected chi connectivity index (χ0v) is 17.6. The highest BCUT2D eigenvalue weighted by Crippen LogP contribution is 2.32. The van der Waals surface area contributed by atoms with Gasteiger partial charge in [0.1, 0.15) is 0 Å². The molecule has 1 aliphatic heterocycles. The zero-order chi connectivity index (χ0) is 22.3. The summed E-state index contributed by atoms with van der Waals surface area (Å²) in [6, 6.07) is 25.3. The first-order valence-corrected chi connectivity index (χ1v) is 10.4. The van der Waals surface area contributed by atoms with Gasteiger partial charge in [0.25, 0.3) is 0 Å². The van der Waals surface area contributed by atoms with Gasteiger partial charge in [0.15, 0.2) is 11.5 Å². The number of nitrogens with one attached hydrogen (secondary N) is 3. The summed E-state index contributed by atoms with van der Waals surface area (Å²) in [4.78, 5) is 13.3. The summed E-state index contributed by atoms with van der Waals surface area (Å²) in [5.74, 6) is 2.54. The van der Waals surface area contributed by atoms with Gasteiger partial charge in [-0.25, -0.2) is 5.43 Å². The number of nitrogens with zero attached hydrogens (tertiary/aromatic N) is 4. The van der Waals surface area contributed by atoms with Gasteiger partial charge in [-0.2, -0.15) is 20.1 Å². The Bertz CT molecular complexity index is 1250. The van der Waals surface area contributed by atoms with Crippen LogP contribution in [0.1, 0.15) is 11.1 Å². The number of rotatable bonds is 8. The van der Waals surface area contributed by atoms with E-state index < -0.39 is 0 Å². The summed E-state index contributed by atoms with van der Waals surface area (Å²) in [7, 11) is 0. The lowest BCUT2D eigenvalue weighted by Crippen LogP contribution is -2.09. The van der Waals surface area contributed by atoms with E-state index in [-0.39, 0.29) is 6.79 Å². The Kier molecular flexibility index (Phi) is 5.92. The van der Waals surface area contributed by atoms with E-state index in [1.165, 1.54) is 0 Å². The van der Waals surface area contributed by atoms with Crippen molar-refractivity contribution in [3.8, 4) is 11.5 Å². The third-order valence-corrected chi connectivity index (χ3v) is 4.73. The molecule has 9 heteroatoms. The molecule has 164 valence electrons. The second-order valence-electron chi connectivity index (χ2n) is 7.12. The van der Waals surface area contributed by atoms with Gasteiger partial charge in [-0.3, -0.25) is 0 Å². The average Bonchev–Trinajstić information content (AvgIpc) is 3.32. The van der Waals surface area contributed by atoms with Gasteiger partial charge in [-0.05, 0) is 41.5 Å². The summed E-state index contributed by atoms with van der Waals surface area (Å²) in [6.45, 7) is 0.810. The number of benzene rings is 3. The highest BCUT2D eigenvalue weighted by Gasteiger charge is 2.12. The van der Waals surface area contributed by atoms with Crippen LogP contribution in [0.2, 0.25) is 0 Å². The summed E-state index contributed by atoms with van der Waals surface area (Å²) >= 11 is 0. The number of aromatic nitrogens is 3. The number of para-hydroxylation sites is 1. The van der Waals surface area contributed by atoms with Crippen molar-refractivity contribution < 1.29 is 9.47 Å². The molecule has 0 bridgehead atoms. The van der Waals surface area contributed by atoms with Crippen LogP contribution < -0.4 is 25.5 Å². The number of hydrazone groups is 1. The first-order valence-electron chi connectivity index (χ1n) is 10.4. The fourth-order valence-corrected chi connectivity index (χ4v) is 3.15. The van der Waals surface area contributed by atoms with Crippen LogP contribution in [0.5, 0.6) is 11.5 Å². The number of ether oxygens (including phenoxy) is 2. The fraction of sp³-hybridized carbons (Fsp3) is 0.0833. The molecule has 33 heavy (non-hydrogen) atoms. The second kappa shape index (κ2) is 9.65. The van der Waals surface area contributed by atoms with Crippen LogP contribution in [0.4, 0.5) is 23.5 Å². The molecule has 0 fully saturated rings. The lowest BCUT2D eigenvalue weighted by Gasteiger charge is -2.10. The third kappa shape index (κ3) is 5.34. The summed E-state index contributed by atoms with van der Waals surface area (Å²) in [5.41, 5.74) is 5.72. The van der Waals surface area contributed by atoms with Crippen molar-refractivity contribution in [1.82, 2.24) is 15.0 Å². The van der Waals surface area contributed by atoms with Crippen molar-refractivity contribution in [2.45, 2.75) is 6.54 Å². The first kappa shape index (κ1) is 20.3. The van der Waals surface area contributed by atoms with Gasteiger partial charge >= 0.3 is 0 Å². The number of hydrogen-bond donors (Lipinski definition) is 3. The van der Waals surface area contributed by atoms with Gasteiger partial charge in [-0.1, -0.05) is 48.5 Å². The van der Waals surface area contributed by atoms with E-state index in [1.54, 1.807) is 6.21 Å². The molecule has 0 unspecified atom stereocenters. The predicted octanol–water partition coefficient (Wildman–Crippen LogP) is 4.40.